The van der Waals surface area contributed by atoms with Gasteiger partial charge in [0.05, 0.1) is 11.0 Å². The van der Waals surface area contributed by atoms with Crippen LogP contribution in [0.2, 0.25) is 0 Å². The molecule has 0 spiro atoms. The smallest absolute Gasteiger partial charge is 0.255 e. The molecular formula is C19H24Cl2N4O. The molecule has 0 saturated carbocycles. The number of rotatable bonds is 6. The number of carbonyl (C=O) groups is 1. The Kier molecular flexibility index (Phi) is 8.58. The molecule has 3 rings (SSSR count). The lowest BCUT2D eigenvalue weighted by Crippen LogP contribution is -2.12. The first-order valence-electron chi connectivity index (χ1n) is 8.28. The van der Waals surface area contributed by atoms with Crippen LogP contribution in [0.15, 0.2) is 42.5 Å². The Morgan fingerprint density at radius 2 is 1.88 bits per heavy atom. The van der Waals surface area contributed by atoms with E-state index < -0.39 is 0 Å². The Hall–Kier alpha value is -2.08. The number of hydrogen-bond donors (Lipinski definition) is 3. The van der Waals surface area contributed by atoms with E-state index in [9.17, 15) is 4.79 Å². The van der Waals surface area contributed by atoms with Crippen molar-refractivity contribution in [3.05, 3.63) is 59.4 Å². The van der Waals surface area contributed by atoms with Gasteiger partial charge in [-0.25, -0.2) is 4.98 Å². The number of anilines is 1. The molecule has 1 amide bonds. The van der Waals surface area contributed by atoms with Crippen LogP contribution in [0.4, 0.5) is 5.69 Å². The number of aromatic amines is 1. The summed E-state index contributed by atoms with van der Waals surface area (Å²) in [6.07, 6.45) is 3.20. The summed E-state index contributed by atoms with van der Waals surface area (Å²) >= 11 is 0. The van der Waals surface area contributed by atoms with Crippen LogP contribution in [0, 0.1) is 0 Å². The average molecular weight is 395 g/mol. The Morgan fingerprint density at radius 1 is 1.15 bits per heavy atom. The van der Waals surface area contributed by atoms with E-state index in [4.69, 9.17) is 5.73 Å². The fraction of sp³-hybridized carbons (Fsp3) is 0.263. The molecule has 140 valence electrons. The van der Waals surface area contributed by atoms with Crippen LogP contribution in [0.1, 0.15) is 41.5 Å². The van der Waals surface area contributed by atoms with Gasteiger partial charge in [-0.2, -0.15) is 0 Å². The summed E-state index contributed by atoms with van der Waals surface area (Å²) in [7, 11) is 0. The average Bonchev–Trinajstić information content (AvgIpc) is 3.02. The van der Waals surface area contributed by atoms with Crippen LogP contribution >= 0.6 is 24.8 Å². The van der Waals surface area contributed by atoms with Gasteiger partial charge in [0.1, 0.15) is 5.82 Å². The first kappa shape index (κ1) is 22.0. The maximum Gasteiger partial charge on any atom is 0.255 e. The van der Waals surface area contributed by atoms with Crippen LogP contribution in [-0.2, 0) is 13.0 Å². The highest BCUT2D eigenvalue weighted by molar-refractivity contribution is 6.05. The zero-order valence-corrected chi connectivity index (χ0v) is 16.3. The zero-order chi connectivity index (χ0) is 16.9. The quantitative estimate of drug-likeness (QED) is 0.576. The lowest BCUT2D eigenvalue weighted by molar-refractivity contribution is 0.102. The summed E-state index contributed by atoms with van der Waals surface area (Å²) in [5, 5.41) is 2.92. The Bertz CT molecular complexity index is 846. The molecule has 0 fully saturated rings. The lowest BCUT2D eigenvalue weighted by atomic mass is 10.1. The van der Waals surface area contributed by atoms with Crippen molar-refractivity contribution in [2.45, 2.75) is 32.7 Å². The minimum absolute atomic E-state index is 0. The highest BCUT2D eigenvalue weighted by Gasteiger charge is 2.08. The van der Waals surface area contributed by atoms with Gasteiger partial charge in [0.25, 0.3) is 5.91 Å². The third-order valence-corrected chi connectivity index (χ3v) is 4.01. The Labute approximate surface area is 165 Å². The van der Waals surface area contributed by atoms with Crippen molar-refractivity contribution in [3.63, 3.8) is 0 Å². The summed E-state index contributed by atoms with van der Waals surface area (Å²) in [5.41, 5.74) is 9.81. The minimum Gasteiger partial charge on any atom is -0.342 e. The molecule has 3 aromatic rings. The molecule has 2 aromatic carbocycles. The number of carbonyl (C=O) groups excluding carboxylic acids is 1. The molecule has 4 N–H and O–H groups in total. The van der Waals surface area contributed by atoms with Gasteiger partial charge in [-0.15, -0.1) is 24.8 Å². The third-order valence-electron chi connectivity index (χ3n) is 4.01. The number of halogens is 2. The van der Waals surface area contributed by atoms with Crippen LogP contribution in [0.5, 0.6) is 0 Å². The topological polar surface area (TPSA) is 83.8 Å². The van der Waals surface area contributed by atoms with E-state index in [-0.39, 0.29) is 30.7 Å². The SMILES string of the molecule is CCCCc1nc2ccc(NC(=O)c3ccc(CN)cc3)cc2[nH]1.Cl.Cl. The molecule has 0 bridgehead atoms. The molecule has 5 nitrogen and oxygen atoms in total. The van der Waals surface area contributed by atoms with Crippen molar-refractivity contribution in [2.75, 3.05) is 5.32 Å². The Morgan fingerprint density at radius 3 is 2.54 bits per heavy atom. The van der Waals surface area contributed by atoms with Crippen LogP contribution in [0.3, 0.4) is 0 Å². The van der Waals surface area contributed by atoms with Gasteiger partial charge in [0.15, 0.2) is 0 Å². The van der Waals surface area contributed by atoms with Gasteiger partial charge in [-0.1, -0.05) is 25.5 Å². The fourth-order valence-corrected chi connectivity index (χ4v) is 2.60. The maximum atomic E-state index is 12.3. The summed E-state index contributed by atoms with van der Waals surface area (Å²) in [4.78, 5) is 20.2. The molecule has 26 heavy (non-hydrogen) atoms. The predicted molar refractivity (Wildman–Crippen MR) is 111 cm³/mol. The minimum atomic E-state index is -0.136. The molecule has 7 heteroatoms. The summed E-state index contributed by atoms with van der Waals surface area (Å²) in [5.74, 6) is 0.858. The van der Waals surface area contributed by atoms with E-state index in [2.05, 4.69) is 22.2 Å². The summed E-state index contributed by atoms with van der Waals surface area (Å²) in [6, 6.07) is 13.0. The fourth-order valence-electron chi connectivity index (χ4n) is 2.60. The number of hydrogen-bond acceptors (Lipinski definition) is 3. The van der Waals surface area contributed by atoms with Gasteiger partial charge in [0, 0.05) is 24.2 Å². The van der Waals surface area contributed by atoms with E-state index in [1.165, 1.54) is 0 Å². The van der Waals surface area contributed by atoms with Crippen molar-refractivity contribution >= 4 is 47.4 Å². The molecule has 0 aliphatic heterocycles. The summed E-state index contributed by atoms with van der Waals surface area (Å²) < 4.78 is 0. The molecule has 0 radical (unpaired) electrons. The number of fused-ring (bicyclic) bond motifs is 1. The van der Waals surface area contributed by atoms with Gasteiger partial charge in [0.2, 0.25) is 0 Å². The van der Waals surface area contributed by atoms with E-state index in [1.807, 2.05) is 30.3 Å². The first-order chi connectivity index (χ1) is 11.7. The predicted octanol–water partition coefficient (Wildman–Crippen LogP) is 4.46. The van der Waals surface area contributed by atoms with Crippen molar-refractivity contribution in [1.29, 1.82) is 0 Å². The van der Waals surface area contributed by atoms with Gasteiger partial charge >= 0.3 is 0 Å². The highest BCUT2D eigenvalue weighted by atomic mass is 35.5. The standard InChI is InChI=1S/C19H22N4O.2ClH/c1-2-3-4-18-22-16-10-9-15(11-17(16)23-18)21-19(24)14-7-5-13(12-20)6-8-14;;/h5-11H,2-4,12,20H2,1H3,(H,21,24)(H,22,23);2*1H. The van der Waals surface area contributed by atoms with Crippen molar-refractivity contribution in [3.8, 4) is 0 Å². The van der Waals surface area contributed by atoms with E-state index in [1.54, 1.807) is 12.1 Å². The maximum absolute atomic E-state index is 12.3. The second-order valence-corrected chi connectivity index (χ2v) is 5.87. The number of aromatic nitrogens is 2. The Balaban J connectivity index is 0.00000169. The molecule has 0 aliphatic rings. The zero-order valence-electron chi connectivity index (χ0n) is 14.6. The number of nitrogens with two attached hydrogens (primary N) is 1. The number of amides is 1. The van der Waals surface area contributed by atoms with E-state index >= 15 is 0 Å². The molecule has 0 aliphatic carbocycles. The molecule has 0 unspecified atom stereocenters. The number of unbranched alkanes of at least 4 members (excludes halogenated alkanes) is 1. The van der Waals surface area contributed by atoms with Gasteiger partial charge in [-0.05, 0) is 42.3 Å². The van der Waals surface area contributed by atoms with E-state index in [0.29, 0.717) is 12.1 Å². The molecule has 0 saturated heterocycles. The van der Waals surface area contributed by atoms with Crippen LogP contribution in [-0.4, -0.2) is 15.9 Å². The monoisotopic (exact) mass is 394 g/mol. The third kappa shape index (κ3) is 5.21. The largest absolute Gasteiger partial charge is 0.342 e. The van der Waals surface area contributed by atoms with Crippen molar-refractivity contribution in [1.82, 2.24) is 9.97 Å². The summed E-state index contributed by atoms with van der Waals surface area (Å²) in [6.45, 7) is 2.63. The second-order valence-electron chi connectivity index (χ2n) is 5.87. The van der Waals surface area contributed by atoms with Crippen molar-refractivity contribution in [2.24, 2.45) is 5.73 Å². The number of H-pyrrole nitrogens is 1. The highest BCUT2D eigenvalue weighted by Crippen LogP contribution is 2.19. The van der Waals surface area contributed by atoms with Crippen LogP contribution in [0.25, 0.3) is 11.0 Å². The number of nitrogens with zero attached hydrogens (tertiary/aromatic N) is 1. The number of aryl methyl sites for hydroxylation is 1. The van der Waals surface area contributed by atoms with E-state index in [0.717, 1.165) is 47.4 Å². The van der Waals surface area contributed by atoms with Crippen molar-refractivity contribution < 1.29 is 4.79 Å². The molecule has 0 atom stereocenters. The number of imidazole rings is 1. The molecule has 1 aromatic heterocycles. The second kappa shape index (κ2) is 10.2. The lowest BCUT2D eigenvalue weighted by Gasteiger charge is -2.06. The van der Waals surface area contributed by atoms with Crippen LogP contribution < -0.4 is 11.1 Å². The molecular weight excluding hydrogens is 371 g/mol. The molecule has 1 heterocycles. The normalized spacial score (nSPS) is 10.1. The number of nitrogens with one attached hydrogen (secondary N) is 2. The first-order valence-corrected chi connectivity index (χ1v) is 8.28. The van der Waals surface area contributed by atoms with Gasteiger partial charge in [-0.3, -0.25) is 4.79 Å². The van der Waals surface area contributed by atoms with Gasteiger partial charge < -0.3 is 16.0 Å². The number of benzene rings is 2.